The highest BCUT2D eigenvalue weighted by Crippen LogP contribution is 2.25. The van der Waals surface area contributed by atoms with E-state index >= 15 is 0 Å². The first-order chi connectivity index (χ1) is 15.2. The minimum absolute atomic E-state index is 0.798. The molecule has 2 aromatic carbocycles. The zero-order valence-corrected chi connectivity index (χ0v) is 18.5. The molecular formula is C27H32N4. The molecule has 160 valence electrons. The normalized spacial score (nSPS) is 18.1. The Hall–Kier alpha value is -2.56. The molecule has 0 atom stereocenters. The van der Waals surface area contributed by atoms with Gasteiger partial charge < -0.3 is 0 Å². The molecule has 0 amide bonds. The molecule has 4 heteroatoms. The van der Waals surface area contributed by atoms with Crippen molar-refractivity contribution in [3.05, 3.63) is 83.2 Å². The van der Waals surface area contributed by atoms with Gasteiger partial charge in [0.05, 0.1) is 5.69 Å². The number of piperidine rings is 1. The molecule has 3 aromatic rings. The molecule has 0 radical (unpaired) electrons. The number of benzene rings is 2. The fraction of sp³-hybridized carbons (Fsp3) is 0.407. The van der Waals surface area contributed by atoms with E-state index in [0.717, 1.165) is 43.4 Å². The smallest absolute Gasteiger partial charge is 0.159 e. The van der Waals surface area contributed by atoms with E-state index in [1.807, 2.05) is 0 Å². The Balaban J connectivity index is 1.17. The van der Waals surface area contributed by atoms with Crippen LogP contribution in [0.4, 0.5) is 0 Å². The highest BCUT2D eigenvalue weighted by molar-refractivity contribution is 5.55. The first kappa shape index (κ1) is 20.3. The predicted molar refractivity (Wildman–Crippen MR) is 126 cm³/mol. The molecule has 5 rings (SSSR count). The number of rotatable bonds is 5. The largest absolute Gasteiger partial charge is 0.299 e. The summed E-state index contributed by atoms with van der Waals surface area (Å²) in [6.07, 6.45) is 5.72. The van der Waals surface area contributed by atoms with Crippen LogP contribution in [0.2, 0.25) is 0 Å². The number of aryl methyl sites for hydroxylation is 1. The molecule has 1 fully saturated rings. The molecule has 0 aliphatic carbocycles. The van der Waals surface area contributed by atoms with E-state index in [4.69, 9.17) is 4.98 Å². The maximum atomic E-state index is 4.95. The number of fused-ring (bicyclic) bond motifs is 1. The molecular weight excluding hydrogens is 380 g/mol. The molecule has 0 saturated carbocycles. The van der Waals surface area contributed by atoms with Crippen LogP contribution in [-0.4, -0.2) is 45.9 Å². The van der Waals surface area contributed by atoms with Gasteiger partial charge in [0, 0.05) is 37.9 Å². The van der Waals surface area contributed by atoms with Crippen LogP contribution in [0.1, 0.15) is 35.2 Å². The van der Waals surface area contributed by atoms with Crippen molar-refractivity contribution in [2.24, 2.45) is 5.92 Å². The average molecular weight is 413 g/mol. The lowest BCUT2D eigenvalue weighted by Crippen LogP contribution is -2.40. The van der Waals surface area contributed by atoms with Crippen molar-refractivity contribution in [3.63, 3.8) is 0 Å². The second-order valence-electron chi connectivity index (χ2n) is 9.22. The Bertz CT molecular complexity index is 992. The van der Waals surface area contributed by atoms with E-state index in [0.29, 0.717) is 0 Å². The topological polar surface area (TPSA) is 32.3 Å². The first-order valence-electron chi connectivity index (χ1n) is 11.6. The van der Waals surface area contributed by atoms with Crippen LogP contribution < -0.4 is 0 Å². The SMILES string of the molecule is Cc1ccc(-c2ncc3c(n2)CN(CC2CCN(Cc4ccccc4)CC2)CC3)cc1. The Morgan fingerprint density at radius 2 is 1.68 bits per heavy atom. The summed E-state index contributed by atoms with van der Waals surface area (Å²) in [5, 5.41) is 0. The summed E-state index contributed by atoms with van der Waals surface area (Å²) in [5.41, 5.74) is 6.35. The van der Waals surface area contributed by atoms with E-state index in [1.54, 1.807) is 0 Å². The van der Waals surface area contributed by atoms with Crippen LogP contribution in [0, 0.1) is 12.8 Å². The molecule has 1 saturated heterocycles. The molecule has 3 heterocycles. The average Bonchev–Trinajstić information content (AvgIpc) is 2.81. The summed E-state index contributed by atoms with van der Waals surface area (Å²) in [6.45, 7) is 8.91. The van der Waals surface area contributed by atoms with Crippen LogP contribution in [0.5, 0.6) is 0 Å². The van der Waals surface area contributed by atoms with Crippen molar-refractivity contribution in [3.8, 4) is 11.4 Å². The quantitative estimate of drug-likeness (QED) is 0.607. The molecule has 0 N–H and O–H groups in total. The Morgan fingerprint density at radius 1 is 0.903 bits per heavy atom. The van der Waals surface area contributed by atoms with E-state index < -0.39 is 0 Å². The van der Waals surface area contributed by atoms with Crippen molar-refractivity contribution in [1.29, 1.82) is 0 Å². The van der Waals surface area contributed by atoms with Gasteiger partial charge in [0.25, 0.3) is 0 Å². The number of aromatic nitrogens is 2. The van der Waals surface area contributed by atoms with Crippen LogP contribution >= 0.6 is 0 Å². The third-order valence-electron chi connectivity index (χ3n) is 6.81. The molecule has 0 unspecified atom stereocenters. The van der Waals surface area contributed by atoms with E-state index in [-0.39, 0.29) is 0 Å². The second-order valence-corrected chi connectivity index (χ2v) is 9.22. The van der Waals surface area contributed by atoms with Gasteiger partial charge in [-0.3, -0.25) is 9.80 Å². The van der Waals surface area contributed by atoms with E-state index in [2.05, 4.69) is 82.5 Å². The lowest BCUT2D eigenvalue weighted by atomic mass is 9.94. The van der Waals surface area contributed by atoms with Crippen molar-refractivity contribution < 1.29 is 0 Å². The van der Waals surface area contributed by atoms with Gasteiger partial charge in [0.1, 0.15) is 0 Å². The monoisotopic (exact) mass is 412 g/mol. The minimum Gasteiger partial charge on any atom is -0.299 e. The third kappa shape index (κ3) is 5.03. The van der Waals surface area contributed by atoms with Gasteiger partial charge >= 0.3 is 0 Å². The summed E-state index contributed by atoms with van der Waals surface area (Å²) in [6, 6.07) is 19.4. The lowest BCUT2D eigenvalue weighted by Gasteiger charge is -2.36. The van der Waals surface area contributed by atoms with Crippen LogP contribution in [0.15, 0.2) is 60.8 Å². The number of nitrogens with zero attached hydrogens (tertiary/aromatic N) is 4. The van der Waals surface area contributed by atoms with Crippen molar-refractivity contribution >= 4 is 0 Å². The zero-order valence-electron chi connectivity index (χ0n) is 18.5. The fourth-order valence-electron chi connectivity index (χ4n) is 4.89. The molecule has 0 bridgehead atoms. The van der Waals surface area contributed by atoms with E-state index in [1.165, 1.54) is 54.9 Å². The third-order valence-corrected chi connectivity index (χ3v) is 6.81. The van der Waals surface area contributed by atoms with Crippen molar-refractivity contribution in [2.45, 2.75) is 39.3 Å². The molecule has 1 aromatic heterocycles. The van der Waals surface area contributed by atoms with Gasteiger partial charge in [-0.15, -0.1) is 0 Å². The highest BCUT2D eigenvalue weighted by atomic mass is 15.2. The van der Waals surface area contributed by atoms with Gasteiger partial charge in [-0.25, -0.2) is 9.97 Å². The summed E-state index contributed by atoms with van der Waals surface area (Å²) in [4.78, 5) is 14.8. The summed E-state index contributed by atoms with van der Waals surface area (Å²) in [7, 11) is 0. The minimum atomic E-state index is 0.798. The maximum absolute atomic E-state index is 4.95. The van der Waals surface area contributed by atoms with E-state index in [9.17, 15) is 0 Å². The summed E-state index contributed by atoms with van der Waals surface area (Å²) < 4.78 is 0. The summed E-state index contributed by atoms with van der Waals surface area (Å²) in [5.74, 6) is 1.65. The predicted octanol–water partition coefficient (Wildman–Crippen LogP) is 4.72. The van der Waals surface area contributed by atoms with Crippen LogP contribution in [0.3, 0.4) is 0 Å². The molecule has 0 spiro atoms. The van der Waals surface area contributed by atoms with Gasteiger partial charge in [-0.05, 0) is 56.3 Å². The highest BCUT2D eigenvalue weighted by Gasteiger charge is 2.24. The Labute approximate surface area is 186 Å². The molecule has 31 heavy (non-hydrogen) atoms. The Kier molecular flexibility index (Phi) is 6.10. The van der Waals surface area contributed by atoms with Gasteiger partial charge in [-0.1, -0.05) is 60.2 Å². The van der Waals surface area contributed by atoms with Crippen LogP contribution in [0.25, 0.3) is 11.4 Å². The number of hydrogen-bond acceptors (Lipinski definition) is 4. The van der Waals surface area contributed by atoms with Gasteiger partial charge in [0.2, 0.25) is 0 Å². The van der Waals surface area contributed by atoms with Crippen molar-refractivity contribution in [1.82, 2.24) is 19.8 Å². The summed E-state index contributed by atoms with van der Waals surface area (Å²) >= 11 is 0. The van der Waals surface area contributed by atoms with Gasteiger partial charge in [-0.2, -0.15) is 0 Å². The standard InChI is InChI=1S/C27H32N4/c1-21-7-9-24(10-8-21)27-28-17-25-13-16-31(20-26(25)29-27)19-23-11-14-30(15-12-23)18-22-5-3-2-4-6-22/h2-10,17,23H,11-16,18-20H2,1H3. The lowest BCUT2D eigenvalue weighted by molar-refractivity contribution is 0.131. The van der Waals surface area contributed by atoms with Crippen LogP contribution in [-0.2, 0) is 19.5 Å². The second kappa shape index (κ2) is 9.29. The maximum Gasteiger partial charge on any atom is 0.159 e. The molecule has 2 aliphatic heterocycles. The fourth-order valence-corrected chi connectivity index (χ4v) is 4.89. The first-order valence-corrected chi connectivity index (χ1v) is 11.6. The van der Waals surface area contributed by atoms with Gasteiger partial charge in [0.15, 0.2) is 5.82 Å². The van der Waals surface area contributed by atoms with Crippen molar-refractivity contribution in [2.75, 3.05) is 26.2 Å². The molecule has 2 aliphatic rings. The zero-order chi connectivity index (χ0) is 21.0. The number of hydrogen-bond donors (Lipinski definition) is 0. The molecule has 4 nitrogen and oxygen atoms in total. The Morgan fingerprint density at radius 3 is 2.45 bits per heavy atom. The number of likely N-dealkylation sites (tertiary alicyclic amines) is 1.